The second-order valence-electron chi connectivity index (χ2n) is 7.16. The molecule has 1 unspecified atom stereocenters. The van der Waals surface area contributed by atoms with Crippen LogP contribution in [0.3, 0.4) is 0 Å². The van der Waals surface area contributed by atoms with Gasteiger partial charge >= 0.3 is 0 Å². The maximum atomic E-state index is 13.1. The summed E-state index contributed by atoms with van der Waals surface area (Å²) in [5.74, 6) is 0. The van der Waals surface area contributed by atoms with E-state index in [0.717, 1.165) is 18.9 Å². The minimum Gasteiger partial charge on any atom is -0.384 e. The third kappa shape index (κ3) is 4.53. The molecule has 2 aromatic rings. The lowest BCUT2D eigenvalue weighted by atomic mass is 9.96. The van der Waals surface area contributed by atoms with Crippen LogP contribution >= 0.6 is 11.6 Å². The molecule has 10 heteroatoms. The average molecular weight is 440 g/mol. The number of hydrogen-bond acceptors (Lipinski definition) is 6. The largest absolute Gasteiger partial charge is 0.384 e. The monoisotopic (exact) mass is 439 g/mol. The number of non-ortho nitro benzene ring substituents is 1. The minimum atomic E-state index is -3.91. The summed E-state index contributed by atoms with van der Waals surface area (Å²) < 4.78 is 27.4. The van der Waals surface area contributed by atoms with Crippen molar-refractivity contribution in [2.45, 2.75) is 30.3 Å². The molecule has 2 N–H and O–H groups in total. The number of anilines is 1. The van der Waals surface area contributed by atoms with Crippen LogP contribution in [-0.4, -0.2) is 42.4 Å². The predicted molar refractivity (Wildman–Crippen MR) is 111 cm³/mol. The first-order valence-electron chi connectivity index (χ1n) is 9.13. The first-order chi connectivity index (χ1) is 13.6. The maximum absolute atomic E-state index is 13.1. The van der Waals surface area contributed by atoms with Gasteiger partial charge in [-0.2, -0.15) is 4.31 Å². The zero-order chi connectivity index (χ0) is 21.2. The Morgan fingerprint density at radius 3 is 2.52 bits per heavy atom. The van der Waals surface area contributed by atoms with Crippen LogP contribution in [0, 0.1) is 10.1 Å². The highest BCUT2D eigenvalue weighted by atomic mass is 35.5. The van der Waals surface area contributed by atoms with Crippen molar-refractivity contribution in [1.82, 2.24) is 4.31 Å². The van der Waals surface area contributed by atoms with Crippen molar-refractivity contribution in [2.24, 2.45) is 0 Å². The second-order valence-corrected chi connectivity index (χ2v) is 9.47. The van der Waals surface area contributed by atoms with Gasteiger partial charge in [0.05, 0.1) is 10.6 Å². The van der Waals surface area contributed by atoms with E-state index in [-0.39, 0.29) is 22.8 Å². The van der Waals surface area contributed by atoms with E-state index in [4.69, 9.17) is 11.6 Å². The van der Waals surface area contributed by atoms with Crippen molar-refractivity contribution in [3.05, 3.63) is 63.2 Å². The normalized spacial score (nSPS) is 17.1. The predicted octanol–water partition coefficient (Wildman–Crippen LogP) is 3.35. The van der Waals surface area contributed by atoms with Gasteiger partial charge in [0.25, 0.3) is 5.69 Å². The second kappa shape index (κ2) is 8.27. The zero-order valence-electron chi connectivity index (χ0n) is 15.8. The fourth-order valence-corrected chi connectivity index (χ4v) is 5.36. The van der Waals surface area contributed by atoms with Crippen LogP contribution in [0.1, 0.15) is 25.3 Å². The average Bonchev–Trinajstić information content (AvgIpc) is 3.22. The first kappa shape index (κ1) is 21.5. The van der Waals surface area contributed by atoms with E-state index in [2.05, 4.69) is 5.32 Å². The van der Waals surface area contributed by atoms with Crippen LogP contribution in [0.2, 0.25) is 5.02 Å². The molecule has 1 saturated heterocycles. The van der Waals surface area contributed by atoms with Crippen LogP contribution in [-0.2, 0) is 15.6 Å². The summed E-state index contributed by atoms with van der Waals surface area (Å²) in [5, 5.41) is 25.4. The van der Waals surface area contributed by atoms with E-state index in [1.165, 1.54) is 16.4 Å². The first-order valence-corrected chi connectivity index (χ1v) is 10.9. The van der Waals surface area contributed by atoms with Gasteiger partial charge in [-0.3, -0.25) is 10.1 Å². The van der Waals surface area contributed by atoms with Crippen molar-refractivity contribution in [3.63, 3.8) is 0 Å². The van der Waals surface area contributed by atoms with E-state index < -0.39 is 20.5 Å². The van der Waals surface area contributed by atoms with Crippen LogP contribution in [0.5, 0.6) is 0 Å². The van der Waals surface area contributed by atoms with Gasteiger partial charge in [-0.1, -0.05) is 29.8 Å². The molecule has 2 aromatic carbocycles. The number of aliphatic hydroxyl groups is 1. The zero-order valence-corrected chi connectivity index (χ0v) is 17.4. The summed E-state index contributed by atoms with van der Waals surface area (Å²) in [6, 6.07) is 10.5. The van der Waals surface area contributed by atoms with Crippen LogP contribution in [0.15, 0.2) is 47.4 Å². The molecular formula is C19H22ClN3O5S. The lowest BCUT2D eigenvalue weighted by Gasteiger charge is -2.27. The Bertz CT molecular complexity index is 1020. The maximum Gasteiger partial charge on any atom is 0.270 e. The number of nitro benzene ring substituents is 1. The highest BCUT2D eigenvalue weighted by Gasteiger charge is 2.32. The van der Waals surface area contributed by atoms with Crippen LogP contribution < -0.4 is 5.32 Å². The number of rotatable bonds is 7. The Kier molecular flexibility index (Phi) is 6.13. The molecule has 1 aliphatic heterocycles. The number of sulfonamides is 1. The number of nitrogens with one attached hydrogen (secondary N) is 1. The van der Waals surface area contributed by atoms with Gasteiger partial charge in [-0.25, -0.2) is 8.42 Å². The molecule has 1 atom stereocenters. The highest BCUT2D eigenvalue weighted by Crippen LogP contribution is 2.33. The van der Waals surface area contributed by atoms with E-state index in [0.29, 0.717) is 23.7 Å². The molecule has 8 nitrogen and oxygen atoms in total. The topological polar surface area (TPSA) is 113 Å². The molecular weight excluding hydrogens is 418 g/mol. The molecule has 156 valence electrons. The quantitative estimate of drug-likeness (QED) is 0.505. The number of hydrogen-bond donors (Lipinski definition) is 2. The Morgan fingerprint density at radius 2 is 1.90 bits per heavy atom. The van der Waals surface area contributed by atoms with Gasteiger partial charge in [-0.15, -0.1) is 0 Å². The number of nitrogens with zero attached hydrogens (tertiary/aromatic N) is 2. The van der Waals surface area contributed by atoms with Crippen molar-refractivity contribution in [2.75, 3.05) is 25.0 Å². The molecule has 0 bridgehead atoms. The lowest BCUT2D eigenvalue weighted by Crippen LogP contribution is -2.32. The van der Waals surface area contributed by atoms with Gasteiger partial charge in [0.2, 0.25) is 10.0 Å². The van der Waals surface area contributed by atoms with E-state index in [9.17, 15) is 23.6 Å². The molecule has 0 amide bonds. The summed E-state index contributed by atoms with van der Waals surface area (Å²) in [7, 11) is -3.91. The number of halogens is 1. The standard InChI is InChI=1S/C19H22ClN3O5S/c1-19(24,15-6-2-3-7-16(15)20)13-21-17-9-8-14(23(25)26)12-18(17)29(27,28)22-10-4-5-11-22/h2-3,6-9,12,21,24H,4-5,10-11,13H2,1H3. The van der Waals surface area contributed by atoms with Gasteiger partial charge < -0.3 is 10.4 Å². The van der Waals surface area contributed by atoms with E-state index in [1.807, 2.05) is 0 Å². The van der Waals surface area contributed by atoms with Crippen LogP contribution in [0.4, 0.5) is 11.4 Å². The fourth-order valence-electron chi connectivity index (χ4n) is 3.31. The molecule has 1 fully saturated rings. The number of benzene rings is 2. The van der Waals surface area contributed by atoms with Crippen LogP contribution in [0.25, 0.3) is 0 Å². The molecule has 3 rings (SSSR count). The van der Waals surface area contributed by atoms with Gasteiger partial charge in [-0.05, 0) is 31.9 Å². The molecule has 0 saturated carbocycles. The molecule has 0 radical (unpaired) electrons. The number of nitro groups is 1. The third-order valence-electron chi connectivity index (χ3n) is 4.94. The molecule has 0 aliphatic carbocycles. The Morgan fingerprint density at radius 1 is 1.24 bits per heavy atom. The Balaban J connectivity index is 1.95. The highest BCUT2D eigenvalue weighted by molar-refractivity contribution is 7.89. The van der Waals surface area contributed by atoms with Gasteiger partial charge in [0, 0.05) is 42.4 Å². The Labute approximate surface area is 174 Å². The summed E-state index contributed by atoms with van der Waals surface area (Å²) in [5.41, 5.74) is -1.03. The fraction of sp³-hybridized carbons (Fsp3) is 0.368. The molecule has 29 heavy (non-hydrogen) atoms. The molecule has 0 spiro atoms. The Hall–Kier alpha value is -2.20. The smallest absolute Gasteiger partial charge is 0.270 e. The van der Waals surface area contributed by atoms with Crippen molar-refractivity contribution in [3.8, 4) is 0 Å². The third-order valence-corrected chi connectivity index (χ3v) is 7.20. The summed E-state index contributed by atoms with van der Waals surface area (Å²) in [6.07, 6.45) is 1.50. The molecule has 1 aliphatic rings. The van der Waals surface area contributed by atoms with Crippen molar-refractivity contribution in [1.29, 1.82) is 0 Å². The van der Waals surface area contributed by atoms with Gasteiger partial charge in [0.1, 0.15) is 10.5 Å². The summed E-state index contributed by atoms with van der Waals surface area (Å²) in [4.78, 5) is 10.4. The van der Waals surface area contributed by atoms with Crippen molar-refractivity contribution >= 4 is 33.0 Å². The molecule has 1 heterocycles. The van der Waals surface area contributed by atoms with Gasteiger partial charge in [0.15, 0.2) is 0 Å². The van der Waals surface area contributed by atoms with Crippen molar-refractivity contribution < 1.29 is 18.4 Å². The lowest BCUT2D eigenvalue weighted by molar-refractivity contribution is -0.385. The summed E-state index contributed by atoms with van der Waals surface area (Å²) >= 11 is 6.17. The SMILES string of the molecule is CC(O)(CNc1ccc([N+](=O)[O-])cc1S(=O)(=O)N1CCCC1)c1ccccc1Cl. The summed E-state index contributed by atoms with van der Waals surface area (Å²) in [6.45, 7) is 2.27. The van der Waals surface area contributed by atoms with E-state index >= 15 is 0 Å². The minimum absolute atomic E-state index is 0.0446. The molecule has 0 aromatic heterocycles. The van der Waals surface area contributed by atoms with E-state index in [1.54, 1.807) is 31.2 Å².